The van der Waals surface area contributed by atoms with Crippen molar-refractivity contribution < 1.29 is 49.0 Å². The molecule has 362 valence electrons. The fraction of sp³-hybridized carbons (Fsp3) is 0.846. The maximum atomic E-state index is 12.8. The largest absolute Gasteiger partial charge is 0.462 e. The van der Waals surface area contributed by atoms with Crippen LogP contribution in [-0.2, 0) is 28.5 Å². The van der Waals surface area contributed by atoms with Crippen LogP contribution in [0.15, 0.2) is 36.5 Å². The highest BCUT2D eigenvalue weighted by Crippen LogP contribution is 2.23. The van der Waals surface area contributed by atoms with Crippen molar-refractivity contribution in [3.63, 3.8) is 0 Å². The summed E-state index contributed by atoms with van der Waals surface area (Å²) < 4.78 is 22.2. The minimum Gasteiger partial charge on any atom is -0.462 e. The van der Waals surface area contributed by atoms with E-state index in [0.717, 1.165) is 64.2 Å². The highest BCUT2D eigenvalue weighted by molar-refractivity contribution is 5.70. The minimum atomic E-state index is -1.60. The molecule has 1 fully saturated rings. The number of carbonyl (C=O) groups excluding carboxylic acids is 2. The summed E-state index contributed by atoms with van der Waals surface area (Å²) in [4.78, 5) is 25.4. The molecular weight excluding hydrogens is 785 g/mol. The molecule has 1 aliphatic heterocycles. The molecule has 1 saturated heterocycles. The second-order valence-corrected chi connectivity index (χ2v) is 17.6. The van der Waals surface area contributed by atoms with Crippen LogP contribution in [0, 0.1) is 0 Å². The summed E-state index contributed by atoms with van der Waals surface area (Å²) in [5.74, 6) is -0.818. The zero-order chi connectivity index (χ0) is 45.1. The molecule has 0 bridgehead atoms. The van der Waals surface area contributed by atoms with Crippen molar-refractivity contribution in [2.24, 2.45) is 0 Å². The van der Waals surface area contributed by atoms with E-state index in [2.05, 4.69) is 50.3 Å². The summed E-state index contributed by atoms with van der Waals surface area (Å²) >= 11 is 0. The molecule has 0 spiro atoms. The van der Waals surface area contributed by atoms with Crippen LogP contribution >= 0.6 is 0 Å². The van der Waals surface area contributed by atoms with Crippen LogP contribution in [0.1, 0.15) is 226 Å². The van der Waals surface area contributed by atoms with E-state index in [1.54, 1.807) is 0 Å². The van der Waals surface area contributed by atoms with E-state index in [0.29, 0.717) is 6.42 Å². The molecule has 1 rings (SSSR count). The summed E-state index contributed by atoms with van der Waals surface area (Å²) in [6.45, 7) is 3.39. The third kappa shape index (κ3) is 33.4. The van der Waals surface area contributed by atoms with E-state index in [9.17, 15) is 30.0 Å². The van der Waals surface area contributed by atoms with Gasteiger partial charge in [0.2, 0.25) is 0 Å². The van der Waals surface area contributed by atoms with Crippen LogP contribution in [0.2, 0.25) is 0 Å². The standard InChI is InChI=1S/C52H94O10/c1-3-5-7-9-11-13-15-17-19-20-21-22-23-24-25-26-27-29-30-32-34-36-38-40-47(54)59-43-45(44-60-52-51(58)50(57)49(56)46(42-53)62-52)61-48(55)41-39-37-35-33-31-28-18-16-14-12-10-8-6-4-2/h10,12,16,18,20-21,45-46,49-53,56-58H,3-9,11,13-15,17,19,22-44H2,1-2H3/b12-10-,18-16-,21-20-. The van der Waals surface area contributed by atoms with Crippen LogP contribution in [0.4, 0.5) is 0 Å². The summed E-state index contributed by atoms with van der Waals surface area (Å²) in [5, 5.41) is 40.2. The monoisotopic (exact) mass is 879 g/mol. The number of unbranched alkanes of at least 4 members (excludes halogenated alkanes) is 26. The molecule has 0 aromatic carbocycles. The van der Waals surface area contributed by atoms with Gasteiger partial charge in [0.25, 0.3) is 0 Å². The number of aliphatic hydroxyl groups excluding tert-OH is 4. The molecule has 0 aromatic rings. The Labute approximate surface area is 378 Å². The predicted molar refractivity (Wildman–Crippen MR) is 252 cm³/mol. The zero-order valence-electron chi connectivity index (χ0n) is 39.6. The summed E-state index contributed by atoms with van der Waals surface area (Å²) in [6, 6.07) is 0. The van der Waals surface area contributed by atoms with Gasteiger partial charge >= 0.3 is 11.9 Å². The van der Waals surface area contributed by atoms with Gasteiger partial charge in [-0.2, -0.15) is 0 Å². The third-order valence-corrected chi connectivity index (χ3v) is 11.7. The number of carbonyl (C=O) groups is 2. The molecule has 0 saturated carbocycles. The topological polar surface area (TPSA) is 152 Å². The van der Waals surface area contributed by atoms with E-state index < -0.39 is 49.4 Å². The molecule has 10 heteroatoms. The second kappa shape index (κ2) is 42.8. The average Bonchev–Trinajstić information content (AvgIpc) is 3.27. The Bertz CT molecular complexity index is 1110. The second-order valence-electron chi connectivity index (χ2n) is 17.6. The van der Waals surface area contributed by atoms with Crippen molar-refractivity contribution >= 4 is 11.9 Å². The van der Waals surface area contributed by atoms with Gasteiger partial charge in [0.1, 0.15) is 31.0 Å². The Morgan fingerprint density at radius 1 is 0.500 bits per heavy atom. The molecular formula is C52H94O10. The lowest BCUT2D eigenvalue weighted by molar-refractivity contribution is -0.305. The Morgan fingerprint density at radius 3 is 1.40 bits per heavy atom. The molecule has 1 heterocycles. The molecule has 4 N–H and O–H groups in total. The molecule has 0 aliphatic carbocycles. The number of allylic oxidation sites excluding steroid dienone is 6. The van der Waals surface area contributed by atoms with Crippen LogP contribution in [0.5, 0.6) is 0 Å². The predicted octanol–water partition coefficient (Wildman–Crippen LogP) is 11.8. The van der Waals surface area contributed by atoms with Crippen molar-refractivity contribution in [3.05, 3.63) is 36.5 Å². The summed E-state index contributed by atoms with van der Waals surface area (Å²) in [6.07, 6.45) is 43.0. The van der Waals surface area contributed by atoms with Crippen molar-refractivity contribution in [3.8, 4) is 0 Å². The number of esters is 2. The van der Waals surface area contributed by atoms with Crippen molar-refractivity contribution in [1.82, 2.24) is 0 Å². The first-order chi connectivity index (χ1) is 30.3. The van der Waals surface area contributed by atoms with E-state index in [4.69, 9.17) is 18.9 Å². The van der Waals surface area contributed by atoms with E-state index in [1.165, 1.54) is 128 Å². The van der Waals surface area contributed by atoms with Crippen LogP contribution in [0.25, 0.3) is 0 Å². The van der Waals surface area contributed by atoms with Gasteiger partial charge in [0, 0.05) is 12.8 Å². The lowest BCUT2D eigenvalue weighted by Crippen LogP contribution is -2.59. The Kier molecular flexibility index (Phi) is 40.0. The van der Waals surface area contributed by atoms with Crippen LogP contribution < -0.4 is 0 Å². The number of hydrogen-bond donors (Lipinski definition) is 4. The van der Waals surface area contributed by atoms with Crippen molar-refractivity contribution in [1.29, 1.82) is 0 Å². The van der Waals surface area contributed by atoms with Gasteiger partial charge in [0.15, 0.2) is 12.4 Å². The maximum absolute atomic E-state index is 12.8. The molecule has 0 amide bonds. The lowest BCUT2D eigenvalue weighted by atomic mass is 9.99. The van der Waals surface area contributed by atoms with E-state index in [1.807, 2.05) is 0 Å². The van der Waals surface area contributed by atoms with E-state index in [-0.39, 0.29) is 32.0 Å². The Balaban J connectivity index is 2.23. The van der Waals surface area contributed by atoms with Gasteiger partial charge in [-0.25, -0.2) is 0 Å². The lowest BCUT2D eigenvalue weighted by Gasteiger charge is -2.39. The van der Waals surface area contributed by atoms with Gasteiger partial charge in [-0.3, -0.25) is 9.59 Å². The van der Waals surface area contributed by atoms with Gasteiger partial charge in [-0.15, -0.1) is 0 Å². The van der Waals surface area contributed by atoms with Gasteiger partial charge < -0.3 is 39.4 Å². The first-order valence-electron chi connectivity index (χ1n) is 25.6. The summed E-state index contributed by atoms with van der Waals surface area (Å²) in [7, 11) is 0. The van der Waals surface area contributed by atoms with Gasteiger partial charge in [-0.1, -0.05) is 185 Å². The fourth-order valence-corrected chi connectivity index (χ4v) is 7.67. The van der Waals surface area contributed by atoms with Crippen LogP contribution in [0.3, 0.4) is 0 Å². The minimum absolute atomic E-state index is 0.214. The smallest absolute Gasteiger partial charge is 0.306 e. The van der Waals surface area contributed by atoms with Crippen LogP contribution in [-0.4, -0.2) is 89.0 Å². The Hall–Kier alpha value is -2.08. The first kappa shape index (κ1) is 57.9. The highest BCUT2D eigenvalue weighted by atomic mass is 16.7. The molecule has 62 heavy (non-hydrogen) atoms. The SMILES string of the molecule is CCCC/C=C\C/C=C\CCCCCCCC(=O)OC(COC(=O)CCCCCCCCCCCCC/C=C\CCCCCCCCCC)COC1OC(CO)C(O)C(O)C1O. The van der Waals surface area contributed by atoms with Crippen molar-refractivity contribution in [2.75, 3.05) is 19.8 Å². The molecule has 0 radical (unpaired) electrons. The van der Waals surface area contributed by atoms with Gasteiger partial charge in [-0.05, 0) is 64.2 Å². The fourth-order valence-electron chi connectivity index (χ4n) is 7.67. The number of hydrogen-bond acceptors (Lipinski definition) is 10. The van der Waals surface area contributed by atoms with Gasteiger partial charge in [0.05, 0.1) is 13.2 Å². The molecule has 6 unspecified atom stereocenters. The normalized spacial score (nSPS) is 19.9. The van der Waals surface area contributed by atoms with Crippen molar-refractivity contribution in [2.45, 2.75) is 263 Å². The number of aliphatic hydroxyl groups is 4. The van der Waals surface area contributed by atoms with E-state index >= 15 is 0 Å². The molecule has 0 aromatic heterocycles. The zero-order valence-corrected chi connectivity index (χ0v) is 39.6. The summed E-state index contributed by atoms with van der Waals surface area (Å²) in [5.41, 5.74) is 0. The Morgan fingerprint density at radius 2 is 0.919 bits per heavy atom. The maximum Gasteiger partial charge on any atom is 0.306 e. The average molecular weight is 879 g/mol. The molecule has 10 nitrogen and oxygen atoms in total. The first-order valence-corrected chi connectivity index (χ1v) is 25.6. The third-order valence-electron chi connectivity index (χ3n) is 11.7. The molecule has 1 aliphatic rings. The number of rotatable bonds is 43. The quantitative estimate of drug-likeness (QED) is 0.0265. The number of ether oxygens (including phenoxy) is 4. The highest BCUT2D eigenvalue weighted by Gasteiger charge is 2.44. The molecule has 6 atom stereocenters.